The Bertz CT molecular complexity index is 963. The number of imidazole rings is 1. The van der Waals surface area contributed by atoms with Gasteiger partial charge >= 0.3 is 0 Å². The fourth-order valence-electron chi connectivity index (χ4n) is 3.76. The van der Waals surface area contributed by atoms with Crippen LogP contribution in [0.5, 0.6) is 0 Å². The number of aromatic nitrogens is 4. The van der Waals surface area contributed by atoms with E-state index in [0.29, 0.717) is 30.3 Å². The van der Waals surface area contributed by atoms with Crippen LogP contribution in [0.25, 0.3) is 11.2 Å². The molecule has 5 rings (SSSR count). The Hall–Kier alpha value is -2.22. The van der Waals surface area contributed by atoms with Gasteiger partial charge in [0.05, 0.1) is 19.5 Å². The number of nitrogens with zero attached hydrogens (tertiary/aromatic N) is 4. The molecule has 0 amide bonds. The van der Waals surface area contributed by atoms with Gasteiger partial charge in [-0.05, 0) is 12.3 Å². The van der Waals surface area contributed by atoms with Crippen LogP contribution in [-0.4, -0.2) is 32.7 Å². The second-order valence-electron chi connectivity index (χ2n) is 7.07. The van der Waals surface area contributed by atoms with E-state index in [2.05, 4.69) is 15.0 Å². The molecular formula is C18H18ClN5O2. The first kappa shape index (κ1) is 16.0. The number of anilines is 1. The zero-order valence-electron chi connectivity index (χ0n) is 14.0. The van der Waals surface area contributed by atoms with Gasteiger partial charge in [-0.15, -0.1) is 0 Å². The number of hydrogen-bond acceptors (Lipinski definition) is 6. The number of nitrogens with two attached hydrogens (primary N) is 1. The summed E-state index contributed by atoms with van der Waals surface area (Å²) in [7, 11) is 0. The number of nitrogen functional groups attached to an aromatic ring is 1. The quantitative estimate of drug-likeness (QED) is 0.712. The van der Waals surface area contributed by atoms with Gasteiger partial charge in [0, 0.05) is 17.5 Å². The van der Waals surface area contributed by atoms with Gasteiger partial charge in [-0.25, -0.2) is 4.98 Å². The molecule has 3 atom stereocenters. The maximum atomic E-state index is 6.12. The van der Waals surface area contributed by atoms with Crippen LogP contribution in [0.1, 0.15) is 18.3 Å². The molecule has 2 fully saturated rings. The molecule has 0 radical (unpaired) electrons. The Morgan fingerprint density at radius 1 is 1.23 bits per heavy atom. The van der Waals surface area contributed by atoms with Crippen molar-refractivity contribution < 1.29 is 9.47 Å². The summed E-state index contributed by atoms with van der Waals surface area (Å²) in [6, 6.07) is 10.0. The highest BCUT2D eigenvalue weighted by Crippen LogP contribution is 2.56. The minimum absolute atomic E-state index is 0.0311. The molecule has 2 aromatic heterocycles. The Morgan fingerprint density at radius 2 is 2.08 bits per heavy atom. The molecule has 1 saturated carbocycles. The topological polar surface area (TPSA) is 88.1 Å². The monoisotopic (exact) mass is 371 g/mol. The van der Waals surface area contributed by atoms with Crippen molar-refractivity contribution in [3.8, 4) is 0 Å². The van der Waals surface area contributed by atoms with Gasteiger partial charge in [0.15, 0.2) is 17.1 Å². The molecule has 7 nitrogen and oxygen atoms in total. The fraction of sp³-hybridized carbons (Fsp3) is 0.389. The van der Waals surface area contributed by atoms with Crippen molar-refractivity contribution in [1.82, 2.24) is 19.5 Å². The highest BCUT2D eigenvalue weighted by molar-refractivity contribution is 6.33. The summed E-state index contributed by atoms with van der Waals surface area (Å²) in [4.78, 5) is 12.6. The molecule has 1 aliphatic carbocycles. The van der Waals surface area contributed by atoms with E-state index in [1.165, 1.54) is 0 Å². The molecule has 1 aliphatic heterocycles. The maximum Gasteiger partial charge on any atom is 0.223 e. The molecular weight excluding hydrogens is 354 g/mol. The third-order valence-electron chi connectivity index (χ3n) is 5.33. The van der Waals surface area contributed by atoms with Crippen molar-refractivity contribution >= 4 is 28.7 Å². The minimum Gasteiger partial charge on any atom is -0.368 e. The first-order chi connectivity index (χ1) is 12.6. The van der Waals surface area contributed by atoms with Crippen molar-refractivity contribution in [2.75, 3.05) is 18.9 Å². The molecule has 1 unspecified atom stereocenters. The zero-order valence-corrected chi connectivity index (χ0v) is 14.8. The Morgan fingerprint density at radius 3 is 2.92 bits per heavy atom. The van der Waals surface area contributed by atoms with Gasteiger partial charge in [0.2, 0.25) is 5.95 Å². The second kappa shape index (κ2) is 5.90. The van der Waals surface area contributed by atoms with Crippen LogP contribution in [0.3, 0.4) is 0 Å². The molecule has 134 valence electrons. The van der Waals surface area contributed by atoms with Crippen molar-refractivity contribution in [1.29, 1.82) is 0 Å². The van der Waals surface area contributed by atoms with Crippen molar-refractivity contribution in [3.05, 3.63) is 47.4 Å². The lowest BCUT2D eigenvalue weighted by Crippen LogP contribution is -2.20. The van der Waals surface area contributed by atoms with E-state index < -0.39 is 0 Å². The van der Waals surface area contributed by atoms with Gasteiger partial charge < -0.3 is 19.8 Å². The Balaban J connectivity index is 1.39. The van der Waals surface area contributed by atoms with Crippen LogP contribution >= 0.6 is 11.6 Å². The number of rotatable bonds is 3. The highest BCUT2D eigenvalue weighted by atomic mass is 35.5. The normalized spacial score (nSPS) is 27.9. The van der Waals surface area contributed by atoms with Gasteiger partial charge in [-0.2, -0.15) is 9.97 Å². The summed E-state index contributed by atoms with van der Waals surface area (Å²) in [5, 5.41) is 0.278. The molecule has 3 heterocycles. The molecule has 1 saturated heterocycles. The number of benzene rings is 1. The first-order valence-corrected chi connectivity index (χ1v) is 8.94. The molecule has 2 aliphatic rings. The molecule has 26 heavy (non-hydrogen) atoms. The molecule has 1 aromatic carbocycles. The van der Waals surface area contributed by atoms with Crippen molar-refractivity contribution in [2.45, 2.75) is 19.3 Å². The first-order valence-electron chi connectivity index (χ1n) is 8.57. The van der Waals surface area contributed by atoms with Gasteiger partial charge in [-0.1, -0.05) is 41.9 Å². The largest absolute Gasteiger partial charge is 0.368 e. The third kappa shape index (κ3) is 2.63. The zero-order chi connectivity index (χ0) is 17.7. The number of fused-ring (bicyclic) bond motifs is 2. The summed E-state index contributed by atoms with van der Waals surface area (Å²) in [5.41, 5.74) is 8.05. The van der Waals surface area contributed by atoms with E-state index in [1.54, 1.807) is 6.33 Å². The molecule has 0 bridgehead atoms. The van der Waals surface area contributed by atoms with Crippen LogP contribution in [0, 0.1) is 11.3 Å². The van der Waals surface area contributed by atoms with Crippen LogP contribution in [-0.2, 0) is 16.0 Å². The third-order valence-corrected chi connectivity index (χ3v) is 5.59. The lowest BCUT2D eigenvalue weighted by Gasteiger charge is -2.19. The minimum atomic E-state index is -0.312. The second-order valence-corrected chi connectivity index (χ2v) is 7.43. The van der Waals surface area contributed by atoms with Crippen molar-refractivity contribution in [3.63, 3.8) is 0 Å². The van der Waals surface area contributed by atoms with E-state index >= 15 is 0 Å². The number of ether oxygens (including phenoxy) is 2. The summed E-state index contributed by atoms with van der Waals surface area (Å²) >= 11 is 6.12. The number of hydrogen-bond donors (Lipinski definition) is 1. The molecule has 3 aromatic rings. The van der Waals surface area contributed by atoms with Crippen LogP contribution in [0.2, 0.25) is 5.15 Å². The summed E-state index contributed by atoms with van der Waals surface area (Å²) < 4.78 is 14.1. The van der Waals surface area contributed by atoms with Crippen LogP contribution in [0.15, 0.2) is 36.7 Å². The van der Waals surface area contributed by atoms with E-state index in [0.717, 1.165) is 18.5 Å². The summed E-state index contributed by atoms with van der Waals surface area (Å²) in [5.74, 6) is 0.613. The summed E-state index contributed by atoms with van der Waals surface area (Å²) in [6.45, 7) is 2.06. The fourth-order valence-corrected chi connectivity index (χ4v) is 3.98. The van der Waals surface area contributed by atoms with Crippen LogP contribution < -0.4 is 5.73 Å². The van der Waals surface area contributed by atoms with Gasteiger partial charge in [0.1, 0.15) is 5.52 Å². The maximum absolute atomic E-state index is 6.12. The lowest BCUT2D eigenvalue weighted by atomic mass is 10.1. The average Bonchev–Trinajstić information content (AvgIpc) is 3.21. The molecule has 8 heteroatoms. The average molecular weight is 372 g/mol. The lowest BCUT2D eigenvalue weighted by molar-refractivity contribution is -0.142. The van der Waals surface area contributed by atoms with E-state index in [1.807, 2.05) is 34.9 Å². The smallest absolute Gasteiger partial charge is 0.223 e. The Labute approximate surface area is 155 Å². The van der Waals surface area contributed by atoms with E-state index in [9.17, 15) is 0 Å². The standard InChI is InChI=1S/C18H18ClN5O2/c19-14-13-15(23-17(20)22-14)24(10-21-13)8-18-6-12(18)7-25-16(26-9-18)11-4-2-1-3-5-11/h1-5,10,12,16H,6-9H2,(H2,20,22,23)/t12-,16?,18-/m0/s1. The Kier molecular flexibility index (Phi) is 3.63. The van der Waals surface area contributed by atoms with Crippen molar-refractivity contribution in [2.24, 2.45) is 11.3 Å². The highest BCUT2D eigenvalue weighted by Gasteiger charge is 2.56. The van der Waals surface area contributed by atoms with Gasteiger partial charge in [0.25, 0.3) is 0 Å². The number of halogens is 1. The predicted molar refractivity (Wildman–Crippen MR) is 96.4 cm³/mol. The summed E-state index contributed by atoms with van der Waals surface area (Å²) in [6.07, 6.45) is 2.49. The van der Waals surface area contributed by atoms with Crippen LogP contribution in [0.4, 0.5) is 5.95 Å². The van der Waals surface area contributed by atoms with E-state index in [-0.39, 0.29) is 22.8 Å². The predicted octanol–water partition coefficient (Wildman–Crippen LogP) is 2.81. The molecule has 0 spiro atoms. The van der Waals surface area contributed by atoms with E-state index in [4.69, 9.17) is 26.8 Å². The molecule has 2 N–H and O–H groups in total. The van der Waals surface area contributed by atoms with Gasteiger partial charge in [-0.3, -0.25) is 0 Å². The SMILES string of the molecule is Nc1nc(Cl)c2ncn(C[C@@]34COC(c5ccccc5)OC[C@@H]3C4)c2n1.